The van der Waals surface area contributed by atoms with Crippen LogP contribution in [-0.4, -0.2) is 4.98 Å². The molecule has 2 aromatic carbocycles. The van der Waals surface area contributed by atoms with E-state index in [2.05, 4.69) is 37.3 Å². The minimum absolute atomic E-state index is 0.800. The number of nitrogen functional groups attached to an aromatic ring is 1. The SMILES string of the molecule is CCCCCCCCc1cc(N)c2nc3ccccc3cc2c1. The van der Waals surface area contributed by atoms with Crippen molar-refractivity contribution in [3.63, 3.8) is 0 Å². The number of benzene rings is 2. The highest BCUT2D eigenvalue weighted by atomic mass is 14.7. The van der Waals surface area contributed by atoms with Gasteiger partial charge in [-0.15, -0.1) is 0 Å². The minimum atomic E-state index is 0.800. The lowest BCUT2D eigenvalue weighted by Gasteiger charge is -2.08. The molecule has 0 atom stereocenters. The first kappa shape index (κ1) is 15.8. The zero-order valence-electron chi connectivity index (χ0n) is 14.0. The Kier molecular flexibility index (Phi) is 5.12. The molecule has 0 saturated carbocycles. The molecule has 3 rings (SSSR count). The monoisotopic (exact) mass is 306 g/mol. The first-order chi connectivity index (χ1) is 11.3. The molecule has 23 heavy (non-hydrogen) atoms. The lowest BCUT2D eigenvalue weighted by Crippen LogP contribution is -1.95. The van der Waals surface area contributed by atoms with Crippen molar-refractivity contribution in [1.82, 2.24) is 4.98 Å². The molecule has 0 spiro atoms. The second-order valence-electron chi connectivity index (χ2n) is 6.46. The number of fused-ring (bicyclic) bond motifs is 2. The number of unbranched alkanes of at least 4 members (excludes halogenated alkanes) is 5. The van der Waals surface area contributed by atoms with Gasteiger partial charge in [0.05, 0.1) is 16.7 Å². The molecule has 1 aromatic heterocycles. The number of para-hydroxylation sites is 1. The Morgan fingerprint density at radius 3 is 2.52 bits per heavy atom. The topological polar surface area (TPSA) is 38.9 Å². The highest BCUT2D eigenvalue weighted by molar-refractivity contribution is 5.98. The summed E-state index contributed by atoms with van der Waals surface area (Å²) >= 11 is 0. The molecule has 0 aliphatic rings. The molecule has 2 nitrogen and oxygen atoms in total. The van der Waals surface area contributed by atoms with Crippen LogP contribution in [0.2, 0.25) is 0 Å². The van der Waals surface area contributed by atoms with Crippen molar-refractivity contribution >= 4 is 27.5 Å². The lowest BCUT2D eigenvalue weighted by molar-refractivity contribution is 0.607. The van der Waals surface area contributed by atoms with Gasteiger partial charge in [0.25, 0.3) is 0 Å². The molecule has 2 N–H and O–H groups in total. The van der Waals surface area contributed by atoms with Crippen molar-refractivity contribution in [3.05, 3.63) is 48.0 Å². The average Bonchev–Trinajstić information content (AvgIpc) is 2.56. The van der Waals surface area contributed by atoms with Crippen LogP contribution in [0.3, 0.4) is 0 Å². The van der Waals surface area contributed by atoms with Crippen LogP contribution >= 0.6 is 0 Å². The Morgan fingerprint density at radius 2 is 1.65 bits per heavy atom. The summed E-state index contributed by atoms with van der Waals surface area (Å²) in [6.07, 6.45) is 9.06. The predicted octanol–water partition coefficient (Wildman–Crippen LogP) is 5.87. The van der Waals surface area contributed by atoms with Crippen LogP contribution in [0.15, 0.2) is 42.5 Å². The van der Waals surface area contributed by atoms with Gasteiger partial charge in [0.2, 0.25) is 0 Å². The van der Waals surface area contributed by atoms with Crippen LogP contribution in [0.1, 0.15) is 51.0 Å². The maximum Gasteiger partial charge on any atom is 0.0939 e. The number of anilines is 1. The summed E-state index contributed by atoms with van der Waals surface area (Å²) < 4.78 is 0. The molecule has 120 valence electrons. The van der Waals surface area contributed by atoms with E-state index in [1.807, 2.05) is 12.1 Å². The van der Waals surface area contributed by atoms with Gasteiger partial charge < -0.3 is 5.73 Å². The second-order valence-corrected chi connectivity index (χ2v) is 6.46. The van der Waals surface area contributed by atoms with Crippen molar-refractivity contribution in [1.29, 1.82) is 0 Å². The van der Waals surface area contributed by atoms with E-state index in [1.165, 1.54) is 49.5 Å². The van der Waals surface area contributed by atoms with E-state index < -0.39 is 0 Å². The highest BCUT2D eigenvalue weighted by Gasteiger charge is 2.05. The van der Waals surface area contributed by atoms with Gasteiger partial charge >= 0.3 is 0 Å². The molecule has 1 heterocycles. The van der Waals surface area contributed by atoms with E-state index in [0.29, 0.717) is 0 Å². The van der Waals surface area contributed by atoms with Crippen LogP contribution in [0.25, 0.3) is 21.8 Å². The molecular weight excluding hydrogens is 280 g/mol. The van der Waals surface area contributed by atoms with Crippen molar-refractivity contribution in [2.75, 3.05) is 5.73 Å². The van der Waals surface area contributed by atoms with E-state index in [0.717, 1.165) is 28.5 Å². The van der Waals surface area contributed by atoms with E-state index in [4.69, 9.17) is 10.7 Å². The number of rotatable bonds is 7. The van der Waals surface area contributed by atoms with Crippen molar-refractivity contribution in [3.8, 4) is 0 Å². The van der Waals surface area contributed by atoms with Crippen LogP contribution in [0.5, 0.6) is 0 Å². The summed E-state index contributed by atoms with van der Waals surface area (Å²) in [5, 5.41) is 2.33. The standard InChI is InChI=1S/C21H26N2/c1-2-3-4-5-6-7-10-16-13-18-15-17-11-8-9-12-20(17)23-21(18)19(22)14-16/h8-9,11-15H,2-7,10,22H2,1H3. The Bertz CT molecular complexity index is 792. The molecule has 0 bridgehead atoms. The Morgan fingerprint density at radius 1 is 0.870 bits per heavy atom. The zero-order chi connectivity index (χ0) is 16.1. The van der Waals surface area contributed by atoms with Gasteiger partial charge in [-0.3, -0.25) is 0 Å². The molecule has 3 aromatic rings. The predicted molar refractivity (Wildman–Crippen MR) is 101 cm³/mol. The third kappa shape index (κ3) is 3.82. The molecule has 0 saturated heterocycles. The number of aromatic nitrogens is 1. The van der Waals surface area contributed by atoms with E-state index in [-0.39, 0.29) is 0 Å². The molecule has 0 fully saturated rings. The summed E-state index contributed by atoms with van der Waals surface area (Å²) in [5.41, 5.74) is 10.3. The van der Waals surface area contributed by atoms with Crippen LogP contribution < -0.4 is 5.73 Å². The Hall–Kier alpha value is -2.09. The van der Waals surface area contributed by atoms with Crippen LogP contribution in [-0.2, 0) is 6.42 Å². The van der Waals surface area contributed by atoms with Gasteiger partial charge in [0.1, 0.15) is 0 Å². The number of hydrogen-bond donors (Lipinski definition) is 1. The van der Waals surface area contributed by atoms with Crippen molar-refractivity contribution < 1.29 is 0 Å². The maximum atomic E-state index is 6.26. The first-order valence-corrected chi connectivity index (χ1v) is 8.86. The fourth-order valence-electron chi connectivity index (χ4n) is 3.24. The molecular formula is C21H26N2. The third-order valence-electron chi connectivity index (χ3n) is 4.53. The van der Waals surface area contributed by atoms with Crippen LogP contribution in [0, 0.1) is 0 Å². The third-order valence-corrected chi connectivity index (χ3v) is 4.53. The fraction of sp³-hybridized carbons (Fsp3) is 0.381. The number of nitrogens with two attached hydrogens (primary N) is 1. The van der Waals surface area contributed by atoms with Gasteiger partial charge in [-0.2, -0.15) is 0 Å². The number of hydrogen-bond acceptors (Lipinski definition) is 2. The number of aryl methyl sites for hydroxylation is 1. The Balaban J connectivity index is 1.76. The summed E-state index contributed by atoms with van der Waals surface area (Å²) in [6.45, 7) is 2.26. The largest absolute Gasteiger partial charge is 0.397 e. The van der Waals surface area contributed by atoms with Crippen molar-refractivity contribution in [2.45, 2.75) is 51.9 Å². The Labute approximate surface area is 138 Å². The van der Waals surface area contributed by atoms with E-state index in [1.54, 1.807) is 0 Å². The molecule has 0 amide bonds. The maximum absolute atomic E-state index is 6.26. The lowest BCUT2D eigenvalue weighted by atomic mass is 10.0. The quantitative estimate of drug-likeness (QED) is 0.336. The summed E-state index contributed by atoms with van der Waals surface area (Å²) in [4.78, 5) is 4.72. The summed E-state index contributed by atoms with van der Waals surface area (Å²) in [5.74, 6) is 0. The van der Waals surface area contributed by atoms with E-state index in [9.17, 15) is 0 Å². The van der Waals surface area contributed by atoms with Gasteiger partial charge in [-0.25, -0.2) is 4.98 Å². The normalized spacial score (nSPS) is 11.3. The van der Waals surface area contributed by atoms with Crippen LogP contribution in [0.4, 0.5) is 5.69 Å². The molecule has 0 radical (unpaired) electrons. The van der Waals surface area contributed by atoms with Gasteiger partial charge in [0, 0.05) is 10.8 Å². The van der Waals surface area contributed by atoms with Gasteiger partial charge in [-0.1, -0.05) is 57.2 Å². The van der Waals surface area contributed by atoms with Gasteiger partial charge in [-0.05, 0) is 42.7 Å². The second kappa shape index (κ2) is 7.45. The number of nitrogens with zero attached hydrogens (tertiary/aromatic N) is 1. The summed E-state index contributed by atoms with van der Waals surface area (Å²) in [6, 6.07) is 14.8. The molecule has 0 aliphatic carbocycles. The first-order valence-electron chi connectivity index (χ1n) is 8.86. The molecule has 0 unspecified atom stereocenters. The van der Waals surface area contributed by atoms with Crippen molar-refractivity contribution in [2.24, 2.45) is 0 Å². The minimum Gasteiger partial charge on any atom is -0.397 e. The summed E-state index contributed by atoms with van der Waals surface area (Å²) in [7, 11) is 0. The number of pyridine rings is 1. The zero-order valence-corrected chi connectivity index (χ0v) is 14.0. The van der Waals surface area contributed by atoms with Gasteiger partial charge in [0.15, 0.2) is 0 Å². The highest BCUT2D eigenvalue weighted by Crippen LogP contribution is 2.26. The molecule has 2 heteroatoms. The fourth-order valence-corrected chi connectivity index (χ4v) is 3.24. The average molecular weight is 306 g/mol. The van der Waals surface area contributed by atoms with E-state index >= 15 is 0 Å². The smallest absolute Gasteiger partial charge is 0.0939 e. The molecule has 0 aliphatic heterocycles.